The van der Waals surface area contributed by atoms with Crippen molar-refractivity contribution in [2.45, 2.75) is 13.5 Å². The first-order chi connectivity index (χ1) is 9.02. The zero-order valence-electron chi connectivity index (χ0n) is 10.5. The lowest BCUT2D eigenvalue weighted by atomic mass is 10.1. The largest absolute Gasteiger partial charge is 0.378 e. The number of methoxy groups -OCH3 is 1. The number of aromatic amines is 1. The predicted molar refractivity (Wildman–Crippen MR) is 86.2 cm³/mol. The minimum atomic E-state index is -0.144. The van der Waals surface area contributed by atoms with Gasteiger partial charge >= 0.3 is 0 Å². The van der Waals surface area contributed by atoms with Gasteiger partial charge in [0.2, 0.25) is 0 Å². The average Bonchev–Trinajstić information content (AvgIpc) is 2.38. The second kappa shape index (κ2) is 6.15. The summed E-state index contributed by atoms with van der Waals surface area (Å²) < 4.78 is 6.62. The lowest BCUT2D eigenvalue weighted by molar-refractivity contribution is 0.180. The number of halogens is 2. The second-order valence-electron chi connectivity index (χ2n) is 4.07. The molecule has 0 aliphatic heterocycles. The van der Waals surface area contributed by atoms with Gasteiger partial charge in [-0.3, -0.25) is 4.79 Å². The van der Waals surface area contributed by atoms with Gasteiger partial charge in [-0.1, -0.05) is 28.1 Å². The van der Waals surface area contributed by atoms with E-state index >= 15 is 0 Å². The van der Waals surface area contributed by atoms with E-state index in [-0.39, 0.29) is 5.56 Å². The summed E-state index contributed by atoms with van der Waals surface area (Å²) in [6.07, 6.45) is 0. The highest BCUT2D eigenvalue weighted by Gasteiger charge is 2.10. The topological polar surface area (TPSA) is 55.0 Å². The molecule has 0 bridgehead atoms. The maximum Gasteiger partial charge on any atom is 0.264 e. The number of benzene rings is 1. The molecule has 0 radical (unpaired) electrons. The van der Waals surface area contributed by atoms with Crippen LogP contribution in [0.4, 0.5) is 0 Å². The van der Waals surface area contributed by atoms with Gasteiger partial charge in [-0.05, 0) is 41.1 Å². The fourth-order valence-electron chi connectivity index (χ4n) is 1.61. The molecule has 2 rings (SSSR count). The van der Waals surface area contributed by atoms with E-state index in [1.54, 1.807) is 7.11 Å². The van der Waals surface area contributed by atoms with Crippen molar-refractivity contribution in [2.75, 3.05) is 7.11 Å². The van der Waals surface area contributed by atoms with Gasteiger partial charge in [-0.15, -0.1) is 0 Å². The zero-order valence-corrected chi connectivity index (χ0v) is 14.2. The number of nitrogens with zero attached hydrogens (tertiary/aromatic N) is 1. The van der Waals surface area contributed by atoms with Crippen LogP contribution in [-0.2, 0) is 11.3 Å². The van der Waals surface area contributed by atoms with E-state index in [2.05, 4.69) is 25.9 Å². The van der Waals surface area contributed by atoms with E-state index < -0.39 is 0 Å². The minimum absolute atomic E-state index is 0.144. The number of ether oxygens (including phenoxy) is 1. The lowest BCUT2D eigenvalue weighted by Crippen LogP contribution is -2.16. The van der Waals surface area contributed by atoms with Crippen molar-refractivity contribution < 1.29 is 4.74 Å². The SMILES string of the molecule is COCc1nc(-c2ccc(C)c(Br)c2)[nH]c(=O)c1I. The van der Waals surface area contributed by atoms with Crippen molar-refractivity contribution >= 4 is 38.5 Å². The monoisotopic (exact) mass is 434 g/mol. The summed E-state index contributed by atoms with van der Waals surface area (Å²) >= 11 is 5.46. The van der Waals surface area contributed by atoms with E-state index in [0.29, 0.717) is 21.7 Å². The van der Waals surface area contributed by atoms with E-state index in [4.69, 9.17) is 4.74 Å². The Hall–Kier alpha value is -0.730. The van der Waals surface area contributed by atoms with Crippen molar-refractivity contribution in [3.63, 3.8) is 0 Å². The summed E-state index contributed by atoms with van der Waals surface area (Å²) in [5.74, 6) is 0.554. The molecule has 1 aromatic heterocycles. The number of aromatic nitrogens is 2. The van der Waals surface area contributed by atoms with Gasteiger partial charge in [0.1, 0.15) is 9.39 Å². The Balaban J connectivity index is 2.56. The van der Waals surface area contributed by atoms with Crippen LogP contribution in [0, 0.1) is 10.5 Å². The van der Waals surface area contributed by atoms with Gasteiger partial charge in [0.05, 0.1) is 12.3 Å². The molecule has 0 fully saturated rings. The molecule has 1 heterocycles. The number of aryl methyl sites for hydroxylation is 1. The van der Waals surface area contributed by atoms with E-state index in [9.17, 15) is 4.79 Å². The molecule has 2 aromatic rings. The molecule has 0 unspecified atom stereocenters. The first-order valence-electron chi connectivity index (χ1n) is 5.57. The van der Waals surface area contributed by atoms with E-state index in [1.165, 1.54) is 0 Å². The van der Waals surface area contributed by atoms with Crippen LogP contribution in [0.25, 0.3) is 11.4 Å². The molecular formula is C13H12BrIN2O2. The quantitative estimate of drug-likeness (QED) is 0.754. The normalized spacial score (nSPS) is 10.7. The van der Waals surface area contributed by atoms with Crippen LogP contribution in [0.15, 0.2) is 27.5 Å². The highest BCUT2D eigenvalue weighted by molar-refractivity contribution is 14.1. The fraction of sp³-hybridized carbons (Fsp3) is 0.231. The molecule has 100 valence electrons. The second-order valence-corrected chi connectivity index (χ2v) is 6.01. The molecule has 0 saturated heterocycles. The molecule has 0 saturated carbocycles. The number of hydrogen-bond acceptors (Lipinski definition) is 3. The number of hydrogen-bond donors (Lipinski definition) is 1. The van der Waals surface area contributed by atoms with Crippen LogP contribution in [-0.4, -0.2) is 17.1 Å². The Labute approximate surface area is 132 Å². The molecule has 1 aromatic carbocycles. The molecule has 0 aliphatic rings. The van der Waals surface area contributed by atoms with Crippen LogP contribution in [0.2, 0.25) is 0 Å². The standard InChI is InChI=1S/C13H12BrIN2O2/c1-7-3-4-8(5-9(7)14)12-16-10(6-19-2)11(15)13(18)17-12/h3-5H,6H2,1-2H3,(H,16,17,18). The molecule has 0 amide bonds. The van der Waals surface area contributed by atoms with E-state index in [0.717, 1.165) is 15.6 Å². The molecular weight excluding hydrogens is 423 g/mol. The molecule has 0 aliphatic carbocycles. The molecule has 4 nitrogen and oxygen atoms in total. The van der Waals surface area contributed by atoms with Crippen molar-refractivity contribution in [1.29, 1.82) is 0 Å². The highest BCUT2D eigenvalue weighted by atomic mass is 127. The Kier molecular flexibility index (Phi) is 4.75. The maximum atomic E-state index is 11.9. The summed E-state index contributed by atoms with van der Waals surface area (Å²) in [4.78, 5) is 19.1. The Morgan fingerprint density at radius 3 is 2.84 bits per heavy atom. The molecule has 6 heteroatoms. The maximum absolute atomic E-state index is 11.9. The van der Waals surface area contributed by atoms with Gasteiger partial charge in [0, 0.05) is 17.1 Å². The van der Waals surface area contributed by atoms with Crippen LogP contribution in [0.1, 0.15) is 11.3 Å². The first-order valence-corrected chi connectivity index (χ1v) is 7.44. The predicted octanol–water partition coefficient (Wildman–Crippen LogP) is 3.26. The van der Waals surface area contributed by atoms with Crippen molar-refractivity contribution in [1.82, 2.24) is 9.97 Å². The lowest BCUT2D eigenvalue weighted by Gasteiger charge is -2.07. The minimum Gasteiger partial charge on any atom is -0.378 e. The Morgan fingerprint density at radius 2 is 2.21 bits per heavy atom. The van der Waals surface area contributed by atoms with Crippen LogP contribution >= 0.6 is 38.5 Å². The van der Waals surface area contributed by atoms with Crippen molar-refractivity contribution in [3.8, 4) is 11.4 Å². The van der Waals surface area contributed by atoms with Gasteiger partial charge in [0.15, 0.2) is 0 Å². The zero-order chi connectivity index (χ0) is 14.0. The fourth-order valence-corrected chi connectivity index (χ4v) is 2.40. The van der Waals surface area contributed by atoms with Crippen LogP contribution in [0.5, 0.6) is 0 Å². The number of rotatable bonds is 3. The summed E-state index contributed by atoms with van der Waals surface area (Å²) in [7, 11) is 1.58. The molecule has 0 spiro atoms. The van der Waals surface area contributed by atoms with E-state index in [1.807, 2.05) is 47.7 Å². The smallest absolute Gasteiger partial charge is 0.264 e. The van der Waals surface area contributed by atoms with Crippen molar-refractivity contribution in [3.05, 3.63) is 47.9 Å². The van der Waals surface area contributed by atoms with Gasteiger partial charge in [-0.25, -0.2) is 4.98 Å². The molecule has 1 N–H and O–H groups in total. The number of H-pyrrole nitrogens is 1. The first kappa shape index (κ1) is 14.7. The summed E-state index contributed by atoms with van der Waals surface area (Å²) in [5, 5.41) is 0. The van der Waals surface area contributed by atoms with Crippen molar-refractivity contribution in [2.24, 2.45) is 0 Å². The Bertz CT molecular complexity index is 670. The number of nitrogens with one attached hydrogen (secondary N) is 1. The van der Waals surface area contributed by atoms with Gasteiger partial charge < -0.3 is 9.72 Å². The molecule has 19 heavy (non-hydrogen) atoms. The van der Waals surface area contributed by atoms with Crippen LogP contribution in [0.3, 0.4) is 0 Å². The third-order valence-corrected chi connectivity index (χ3v) is 4.62. The highest BCUT2D eigenvalue weighted by Crippen LogP contribution is 2.23. The Morgan fingerprint density at radius 1 is 1.47 bits per heavy atom. The van der Waals surface area contributed by atoms with Gasteiger partial charge in [0.25, 0.3) is 5.56 Å². The summed E-state index contributed by atoms with van der Waals surface area (Å²) in [6.45, 7) is 2.33. The molecule has 0 atom stereocenters. The van der Waals surface area contributed by atoms with Crippen LogP contribution < -0.4 is 5.56 Å². The summed E-state index contributed by atoms with van der Waals surface area (Å²) in [6, 6.07) is 5.85. The third kappa shape index (κ3) is 3.24. The summed E-state index contributed by atoms with van der Waals surface area (Å²) in [5.41, 5.74) is 2.50. The third-order valence-electron chi connectivity index (χ3n) is 2.66. The average molecular weight is 435 g/mol. The van der Waals surface area contributed by atoms with Gasteiger partial charge in [-0.2, -0.15) is 0 Å².